The molecule has 0 aromatic heterocycles. The van der Waals surface area contributed by atoms with E-state index in [9.17, 15) is 21.6 Å². The van der Waals surface area contributed by atoms with Crippen molar-refractivity contribution in [3.05, 3.63) is 57.6 Å². The van der Waals surface area contributed by atoms with Crippen molar-refractivity contribution in [1.29, 1.82) is 5.26 Å². The van der Waals surface area contributed by atoms with Crippen LogP contribution in [0, 0.1) is 25.2 Å². The number of aryl methyl sites for hydroxylation is 2. The van der Waals surface area contributed by atoms with Gasteiger partial charge in [0.05, 0.1) is 32.8 Å². The van der Waals surface area contributed by atoms with Gasteiger partial charge in [0.15, 0.2) is 0 Å². The Morgan fingerprint density at radius 2 is 1.80 bits per heavy atom. The van der Waals surface area contributed by atoms with Crippen molar-refractivity contribution in [3.63, 3.8) is 0 Å². The van der Waals surface area contributed by atoms with Crippen LogP contribution in [0.2, 0.25) is 5.02 Å². The first-order valence-electron chi connectivity index (χ1n) is 6.86. The van der Waals surface area contributed by atoms with Crippen molar-refractivity contribution >= 4 is 27.3 Å². The van der Waals surface area contributed by atoms with Crippen molar-refractivity contribution in [1.82, 2.24) is 0 Å². The van der Waals surface area contributed by atoms with Crippen molar-refractivity contribution < 1.29 is 21.6 Å². The van der Waals surface area contributed by atoms with Crippen molar-refractivity contribution in [2.24, 2.45) is 0 Å². The number of halogens is 4. The van der Waals surface area contributed by atoms with Crippen LogP contribution < -0.4 is 4.72 Å². The van der Waals surface area contributed by atoms with Crippen molar-refractivity contribution in [3.8, 4) is 6.07 Å². The maximum Gasteiger partial charge on any atom is 0.417 e. The summed E-state index contributed by atoms with van der Waals surface area (Å²) >= 11 is 6.03. The zero-order chi connectivity index (χ0) is 19.0. The highest BCUT2D eigenvalue weighted by atomic mass is 35.5. The number of hydrogen-bond donors (Lipinski definition) is 1. The van der Waals surface area contributed by atoms with E-state index in [0.29, 0.717) is 11.6 Å². The second-order valence-electron chi connectivity index (χ2n) is 5.36. The summed E-state index contributed by atoms with van der Waals surface area (Å²) in [6, 6.07) is 6.80. The average molecular weight is 389 g/mol. The number of nitrogens with one attached hydrogen (secondary N) is 1. The number of nitrogens with zero attached hydrogens (tertiary/aromatic N) is 1. The maximum atomic E-state index is 13.0. The fourth-order valence-corrected chi connectivity index (χ4v) is 3.86. The molecule has 0 amide bonds. The summed E-state index contributed by atoms with van der Waals surface area (Å²) < 4.78 is 66.2. The Morgan fingerprint density at radius 3 is 2.32 bits per heavy atom. The lowest BCUT2D eigenvalue weighted by atomic mass is 10.1. The third-order valence-corrected chi connectivity index (χ3v) is 5.04. The van der Waals surface area contributed by atoms with E-state index in [2.05, 4.69) is 4.72 Å². The first kappa shape index (κ1) is 19.1. The number of sulfonamides is 1. The van der Waals surface area contributed by atoms with Gasteiger partial charge in [-0.15, -0.1) is 0 Å². The van der Waals surface area contributed by atoms with Crippen molar-refractivity contribution in [2.75, 3.05) is 4.72 Å². The van der Waals surface area contributed by atoms with E-state index >= 15 is 0 Å². The van der Waals surface area contributed by atoms with Gasteiger partial charge in [-0.05, 0) is 49.2 Å². The molecule has 2 aromatic carbocycles. The van der Waals surface area contributed by atoms with Gasteiger partial charge >= 0.3 is 6.18 Å². The van der Waals surface area contributed by atoms with Gasteiger partial charge in [-0.3, -0.25) is 4.72 Å². The largest absolute Gasteiger partial charge is 0.417 e. The Morgan fingerprint density at radius 1 is 1.16 bits per heavy atom. The molecule has 0 radical (unpaired) electrons. The van der Waals surface area contributed by atoms with E-state index < -0.39 is 32.2 Å². The molecular formula is C16H12ClF3N2O2S. The van der Waals surface area contributed by atoms with Crippen LogP contribution in [0.4, 0.5) is 18.9 Å². The summed E-state index contributed by atoms with van der Waals surface area (Å²) in [6.45, 7) is 3.39. The van der Waals surface area contributed by atoms with E-state index in [-0.39, 0.29) is 10.7 Å². The lowest BCUT2D eigenvalue weighted by Gasteiger charge is -2.15. The summed E-state index contributed by atoms with van der Waals surface area (Å²) in [5.74, 6) is 0. The Balaban J connectivity index is 2.54. The van der Waals surface area contributed by atoms with Crippen LogP contribution in [0.3, 0.4) is 0 Å². The van der Waals surface area contributed by atoms with E-state index in [0.717, 1.165) is 17.7 Å². The summed E-state index contributed by atoms with van der Waals surface area (Å²) in [4.78, 5) is -0.616. The van der Waals surface area contributed by atoms with Crippen LogP contribution in [-0.2, 0) is 16.2 Å². The van der Waals surface area contributed by atoms with Gasteiger partial charge in [-0.2, -0.15) is 18.4 Å². The zero-order valence-corrected chi connectivity index (χ0v) is 14.6. The molecule has 0 spiro atoms. The monoisotopic (exact) mass is 388 g/mol. The zero-order valence-electron chi connectivity index (χ0n) is 13.1. The summed E-state index contributed by atoms with van der Waals surface area (Å²) in [7, 11) is -4.32. The molecule has 0 saturated carbocycles. The van der Waals surface area contributed by atoms with Gasteiger partial charge in [-0.1, -0.05) is 17.7 Å². The molecule has 2 aromatic rings. The van der Waals surface area contributed by atoms with Crippen LogP contribution in [0.25, 0.3) is 0 Å². The second kappa shape index (κ2) is 6.58. The molecule has 4 nitrogen and oxygen atoms in total. The SMILES string of the molecule is Cc1cc(C)c(NS(=O)(=O)c2ccc(C#N)c(C(F)(F)F)c2)c(Cl)c1. The van der Waals surface area contributed by atoms with E-state index in [4.69, 9.17) is 16.9 Å². The van der Waals surface area contributed by atoms with Gasteiger partial charge < -0.3 is 0 Å². The lowest BCUT2D eigenvalue weighted by molar-refractivity contribution is -0.137. The summed E-state index contributed by atoms with van der Waals surface area (Å²) in [5.41, 5.74) is -0.549. The summed E-state index contributed by atoms with van der Waals surface area (Å²) in [5, 5.41) is 8.91. The second-order valence-corrected chi connectivity index (χ2v) is 7.45. The molecule has 0 unspecified atom stereocenters. The molecule has 0 aliphatic heterocycles. The van der Waals surface area contributed by atoms with Crippen molar-refractivity contribution in [2.45, 2.75) is 24.9 Å². The molecule has 132 valence electrons. The Kier molecular flexibility index (Phi) is 5.02. The van der Waals surface area contributed by atoms with Gasteiger partial charge in [-0.25, -0.2) is 8.42 Å². The fourth-order valence-electron chi connectivity index (χ4n) is 2.26. The van der Waals surface area contributed by atoms with Crippen LogP contribution in [0.15, 0.2) is 35.2 Å². The Hall–Kier alpha value is -2.24. The molecule has 0 aliphatic rings. The minimum absolute atomic E-state index is 0.0881. The Labute approximate surface area is 147 Å². The third kappa shape index (κ3) is 4.06. The molecule has 0 aliphatic carbocycles. The number of hydrogen-bond acceptors (Lipinski definition) is 3. The normalized spacial score (nSPS) is 11.9. The van der Waals surface area contributed by atoms with Gasteiger partial charge in [0.2, 0.25) is 0 Å². The highest BCUT2D eigenvalue weighted by Gasteiger charge is 2.35. The molecule has 2 rings (SSSR count). The predicted octanol–water partition coefficient (Wildman–Crippen LogP) is 4.65. The first-order valence-corrected chi connectivity index (χ1v) is 8.72. The lowest BCUT2D eigenvalue weighted by Crippen LogP contribution is -2.16. The van der Waals surface area contributed by atoms with Crippen LogP contribution in [0.1, 0.15) is 22.3 Å². The van der Waals surface area contributed by atoms with Crippen LogP contribution in [-0.4, -0.2) is 8.42 Å². The third-order valence-electron chi connectivity index (χ3n) is 3.40. The van der Waals surface area contributed by atoms with E-state index in [1.807, 2.05) is 0 Å². The van der Waals surface area contributed by atoms with Crippen LogP contribution in [0.5, 0.6) is 0 Å². The fraction of sp³-hybridized carbons (Fsp3) is 0.188. The number of anilines is 1. The molecule has 0 bridgehead atoms. The minimum Gasteiger partial charge on any atom is -0.278 e. The van der Waals surface area contributed by atoms with E-state index in [1.54, 1.807) is 19.9 Å². The highest BCUT2D eigenvalue weighted by molar-refractivity contribution is 7.92. The molecule has 0 atom stereocenters. The standard InChI is InChI=1S/C16H12ClF3N2O2S/c1-9-5-10(2)15(14(17)6-9)22-25(23,24)12-4-3-11(8-21)13(7-12)16(18,19)20/h3-7,22H,1-2H3. The Bertz CT molecular complexity index is 957. The quantitative estimate of drug-likeness (QED) is 0.832. The molecule has 0 saturated heterocycles. The molecule has 25 heavy (non-hydrogen) atoms. The summed E-state index contributed by atoms with van der Waals surface area (Å²) in [6.07, 6.45) is -4.85. The molecule has 0 heterocycles. The number of rotatable bonds is 3. The average Bonchev–Trinajstić information content (AvgIpc) is 2.49. The number of benzene rings is 2. The molecule has 0 fully saturated rings. The number of alkyl halides is 3. The maximum absolute atomic E-state index is 13.0. The molecular weight excluding hydrogens is 377 g/mol. The molecule has 1 N–H and O–H groups in total. The van der Waals surface area contributed by atoms with Gasteiger partial charge in [0.25, 0.3) is 10.0 Å². The predicted molar refractivity (Wildman–Crippen MR) is 87.9 cm³/mol. The smallest absolute Gasteiger partial charge is 0.278 e. The van der Waals surface area contributed by atoms with Crippen LogP contribution >= 0.6 is 11.6 Å². The molecule has 9 heteroatoms. The minimum atomic E-state index is -4.85. The van der Waals surface area contributed by atoms with Gasteiger partial charge in [0, 0.05) is 0 Å². The van der Waals surface area contributed by atoms with E-state index in [1.165, 1.54) is 12.1 Å². The first-order chi connectivity index (χ1) is 11.5. The highest BCUT2D eigenvalue weighted by Crippen LogP contribution is 2.34. The van der Waals surface area contributed by atoms with Gasteiger partial charge in [0.1, 0.15) is 0 Å². The number of nitriles is 1. The topological polar surface area (TPSA) is 70.0 Å².